The maximum absolute atomic E-state index is 11.6. The summed E-state index contributed by atoms with van der Waals surface area (Å²) in [7, 11) is 0. The van der Waals surface area contributed by atoms with Crippen molar-refractivity contribution in [2.24, 2.45) is 11.0 Å². The van der Waals surface area contributed by atoms with Gasteiger partial charge in [0.05, 0.1) is 28.4 Å². The highest BCUT2D eigenvalue weighted by molar-refractivity contribution is 6.00. The van der Waals surface area contributed by atoms with Crippen molar-refractivity contribution in [3.63, 3.8) is 0 Å². The van der Waals surface area contributed by atoms with E-state index in [0.717, 1.165) is 12.1 Å². The number of ether oxygens (including phenoxy) is 1. The third-order valence-electron chi connectivity index (χ3n) is 3.01. The number of benzene rings is 1. The molecule has 0 saturated carbocycles. The van der Waals surface area contributed by atoms with Crippen LogP contribution in [0.3, 0.4) is 0 Å². The Morgan fingerprint density at radius 1 is 1.35 bits per heavy atom. The van der Waals surface area contributed by atoms with Gasteiger partial charge in [-0.3, -0.25) is 30.4 Å². The van der Waals surface area contributed by atoms with Crippen molar-refractivity contribution in [3.05, 3.63) is 38.4 Å². The number of hydrazone groups is 1. The SMILES string of the molecule is CCOC(=O)[C@@H](C)/C(C)=N/Nc1ccc([N+](=O)[O-])cc1[N+](=O)[O-]. The van der Waals surface area contributed by atoms with Crippen LogP contribution in [0.5, 0.6) is 0 Å². The van der Waals surface area contributed by atoms with E-state index in [1.807, 2.05) is 0 Å². The molecule has 1 aromatic carbocycles. The van der Waals surface area contributed by atoms with E-state index in [0.29, 0.717) is 5.71 Å². The minimum atomic E-state index is -0.755. The summed E-state index contributed by atoms with van der Waals surface area (Å²) in [5, 5.41) is 25.6. The lowest BCUT2D eigenvalue weighted by Crippen LogP contribution is -2.22. The zero-order valence-corrected chi connectivity index (χ0v) is 12.8. The van der Waals surface area contributed by atoms with E-state index in [9.17, 15) is 25.0 Å². The maximum Gasteiger partial charge on any atom is 0.314 e. The Morgan fingerprint density at radius 2 is 2.00 bits per heavy atom. The molecule has 0 aliphatic rings. The molecule has 124 valence electrons. The molecule has 0 radical (unpaired) electrons. The van der Waals surface area contributed by atoms with Crippen molar-refractivity contribution >= 4 is 28.7 Å². The molecular weight excluding hydrogens is 308 g/mol. The zero-order chi connectivity index (χ0) is 17.6. The number of hydrogen-bond acceptors (Lipinski definition) is 8. The molecule has 0 amide bonds. The van der Waals surface area contributed by atoms with Gasteiger partial charge < -0.3 is 4.74 Å². The number of non-ortho nitro benzene ring substituents is 1. The average Bonchev–Trinajstić information content (AvgIpc) is 2.51. The van der Waals surface area contributed by atoms with E-state index >= 15 is 0 Å². The molecular formula is C13H16N4O6. The first kappa shape index (κ1) is 18.0. The molecule has 23 heavy (non-hydrogen) atoms. The highest BCUT2D eigenvalue weighted by Gasteiger charge is 2.20. The molecule has 10 nitrogen and oxygen atoms in total. The van der Waals surface area contributed by atoms with E-state index in [4.69, 9.17) is 4.74 Å². The maximum atomic E-state index is 11.6. The Balaban J connectivity index is 3.00. The smallest absolute Gasteiger partial charge is 0.314 e. The summed E-state index contributed by atoms with van der Waals surface area (Å²) in [6.07, 6.45) is 0. The van der Waals surface area contributed by atoms with Crippen molar-refractivity contribution in [2.45, 2.75) is 20.8 Å². The van der Waals surface area contributed by atoms with Gasteiger partial charge in [-0.1, -0.05) is 0 Å². The number of nitro benzene ring substituents is 2. The van der Waals surface area contributed by atoms with Crippen LogP contribution in [0.2, 0.25) is 0 Å². The predicted octanol–water partition coefficient (Wildman–Crippen LogP) is 2.49. The molecule has 0 aliphatic heterocycles. The van der Waals surface area contributed by atoms with Crippen LogP contribution in [-0.4, -0.2) is 28.1 Å². The fraction of sp³-hybridized carbons (Fsp3) is 0.385. The first-order valence-electron chi connectivity index (χ1n) is 6.67. The van der Waals surface area contributed by atoms with Gasteiger partial charge in [0.2, 0.25) is 0 Å². The van der Waals surface area contributed by atoms with Crippen LogP contribution in [0.1, 0.15) is 20.8 Å². The second-order valence-electron chi connectivity index (χ2n) is 4.55. The average molecular weight is 324 g/mol. The summed E-state index contributed by atoms with van der Waals surface area (Å²) in [4.78, 5) is 31.7. The van der Waals surface area contributed by atoms with Crippen molar-refractivity contribution in [1.29, 1.82) is 0 Å². The topological polar surface area (TPSA) is 137 Å². The minimum Gasteiger partial charge on any atom is -0.465 e. The predicted molar refractivity (Wildman–Crippen MR) is 82.3 cm³/mol. The Morgan fingerprint density at radius 3 is 2.52 bits per heavy atom. The molecule has 10 heteroatoms. The monoisotopic (exact) mass is 324 g/mol. The van der Waals surface area contributed by atoms with Gasteiger partial charge in [-0.15, -0.1) is 0 Å². The summed E-state index contributed by atoms with van der Waals surface area (Å²) in [5.41, 5.74) is 1.91. The Labute approximate surface area is 131 Å². The van der Waals surface area contributed by atoms with Crippen LogP contribution in [0, 0.1) is 26.1 Å². The van der Waals surface area contributed by atoms with E-state index < -0.39 is 33.1 Å². The normalized spacial score (nSPS) is 12.4. The van der Waals surface area contributed by atoms with Crippen LogP contribution < -0.4 is 5.43 Å². The highest BCUT2D eigenvalue weighted by Crippen LogP contribution is 2.29. The van der Waals surface area contributed by atoms with Gasteiger partial charge in [0.25, 0.3) is 5.69 Å². The van der Waals surface area contributed by atoms with Gasteiger partial charge in [0.15, 0.2) is 0 Å². The molecule has 0 aromatic heterocycles. The molecule has 0 saturated heterocycles. The number of carbonyl (C=O) groups is 1. The standard InChI is InChI=1S/C13H16N4O6/c1-4-23-13(18)8(2)9(3)14-15-11-6-5-10(16(19)20)7-12(11)17(21)22/h5-8,15H,4H2,1-3H3/b14-9+/t8-/m0/s1. The fourth-order valence-electron chi connectivity index (χ4n) is 1.56. The number of carbonyl (C=O) groups excluding carboxylic acids is 1. The molecule has 1 aromatic rings. The van der Waals surface area contributed by atoms with Gasteiger partial charge >= 0.3 is 11.7 Å². The molecule has 0 bridgehead atoms. The summed E-state index contributed by atoms with van der Waals surface area (Å²) in [6.45, 7) is 5.06. The number of nitrogens with zero attached hydrogens (tertiary/aromatic N) is 3. The number of nitro groups is 2. The molecule has 1 rings (SSSR count). The third-order valence-corrected chi connectivity index (χ3v) is 3.01. The fourth-order valence-corrected chi connectivity index (χ4v) is 1.56. The quantitative estimate of drug-likeness (QED) is 0.352. The third kappa shape index (κ3) is 4.73. The molecule has 1 N–H and O–H groups in total. The van der Waals surface area contributed by atoms with Crippen LogP contribution in [0.15, 0.2) is 23.3 Å². The number of nitrogens with one attached hydrogen (secondary N) is 1. The van der Waals surface area contributed by atoms with Crippen LogP contribution in [0.25, 0.3) is 0 Å². The number of anilines is 1. The molecule has 1 atom stereocenters. The van der Waals surface area contributed by atoms with Crippen molar-refractivity contribution in [3.8, 4) is 0 Å². The van der Waals surface area contributed by atoms with Crippen LogP contribution >= 0.6 is 0 Å². The van der Waals surface area contributed by atoms with E-state index in [-0.39, 0.29) is 12.3 Å². The number of rotatable bonds is 7. The summed E-state index contributed by atoms with van der Waals surface area (Å²) >= 11 is 0. The first-order valence-corrected chi connectivity index (χ1v) is 6.67. The van der Waals surface area contributed by atoms with E-state index in [2.05, 4.69) is 10.5 Å². The molecule has 0 aliphatic carbocycles. The van der Waals surface area contributed by atoms with Gasteiger partial charge in [-0.05, 0) is 26.8 Å². The second kappa shape index (κ2) is 7.82. The molecule has 0 spiro atoms. The molecule has 0 fully saturated rings. The van der Waals surface area contributed by atoms with E-state index in [1.165, 1.54) is 6.07 Å². The van der Waals surface area contributed by atoms with Gasteiger partial charge in [-0.25, -0.2) is 0 Å². The highest BCUT2D eigenvalue weighted by atomic mass is 16.6. The van der Waals surface area contributed by atoms with Crippen LogP contribution in [-0.2, 0) is 9.53 Å². The lowest BCUT2D eigenvalue weighted by atomic mass is 10.1. The van der Waals surface area contributed by atoms with Crippen molar-refractivity contribution < 1.29 is 19.4 Å². The van der Waals surface area contributed by atoms with E-state index in [1.54, 1.807) is 20.8 Å². The van der Waals surface area contributed by atoms with Gasteiger partial charge in [0, 0.05) is 11.8 Å². The number of hydrogen-bond donors (Lipinski definition) is 1. The summed E-state index contributed by atoms with van der Waals surface area (Å²) in [6, 6.07) is 3.14. The lowest BCUT2D eigenvalue weighted by Gasteiger charge is -2.10. The van der Waals surface area contributed by atoms with Gasteiger partial charge in [-0.2, -0.15) is 5.10 Å². The Bertz CT molecular complexity index is 658. The Hall–Kier alpha value is -3.04. The lowest BCUT2D eigenvalue weighted by molar-refractivity contribution is -0.393. The first-order chi connectivity index (χ1) is 10.8. The van der Waals surface area contributed by atoms with Crippen LogP contribution in [0.4, 0.5) is 17.1 Å². The van der Waals surface area contributed by atoms with Crippen molar-refractivity contribution in [2.75, 3.05) is 12.0 Å². The molecule has 0 unspecified atom stereocenters. The summed E-state index contributed by atoms with van der Waals surface area (Å²) < 4.78 is 4.85. The summed E-state index contributed by atoms with van der Waals surface area (Å²) in [5.74, 6) is -1.09. The number of esters is 1. The van der Waals surface area contributed by atoms with Gasteiger partial charge in [0.1, 0.15) is 5.69 Å². The molecule has 0 heterocycles. The zero-order valence-electron chi connectivity index (χ0n) is 12.8. The second-order valence-corrected chi connectivity index (χ2v) is 4.55. The minimum absolute atomic E-state index is 0.0176. The largest absolute Gasteiger partial charge is 0.465 e. The Kier molecular flexibility index (Phi) is 6.13. The van der Waals surface area contributed by atoms with Crippen molar-refractivity contribution in [1.82, 2.24) is 0 Å².